The average Bonchev–Trinajstić information content (AvgIpc) is 2.29. The summed E-state index contributed by atoms with van der Waals surface area (Å²) in [6.45, 7) is 0. The van der Waals surface area contributed by atoms with Crippen molar-refractivity contribution in [1.29, 1.82) is 0 Å². The Hall–Kier alpha value is -1.45. The van der Waals surface area contributed by atoms with Crippen molar-refractivity contribution in [2.45, 2.75) is 0 Å². The molecule has 0 fully saturated rings. The molecule has 0 aliphatic carbocycles. The van der Waals surface area contributed by atoms with E-state index in [0.717, 1.165) is 21.8 Å². The van der Waals surface area contributed by atoms with Crippen LogP contribution in [0.4, 0.5) is 0 Å². The molecule has 2 heterocycles. The molecule has 0 unspecified atom stereocenters. The number of benzene rings is 1. The normalized spacial score (nSPS) is 10.1. The monoisotopic (exact) mass is 238 g/mol. The summed E-state index contributed by atoms with van der Waals surface area (Å²) in [7, 11) is 0. The van der Waals surface area contributed by atoms with E-state index in [2.05, 4.69) is 16.2 Å². The van der Waals surface area contributed by atoms with Gasteiger partial charge in [0.15, 0.2) is 0 Å². The summed E-state index contributed by atoms with van der Waals surface area (Å²) in [6.07, 6.45) is 4.64. The molecule has 0 spiro atoms. The van der Waals surface area contributed by atoms with Crippen LogP contribution in [0.2, 0.25) is 0 Å². The summed E-state index contributed by atoms with van der Waals surface area (Å²) in [5, 5.41) is 2.21. The molecular formula is C12H7CoN2-. The van der Waals surface area contributed by atoms with Gasteiger partial charge < -0.3 is 4.98 Å². The van der Waals surface area contributed by atoms with Crippen LogP contribution in [-0.4, -0.2) is 9.97 Å². The van der Waals surface area contributed by atoms with Crippen LogP contribution in [0.5, 0.6) is 0 Å². The Morgan fingerprint density at radius 3 is 2.93 bits per heavy atom. The van der Waals surface area contributed by atoms with Crippen LogP contribution in [0, 0.1) is 6.20 Å². The molecule has 15 heavy (non-hydrogen) atoms. The van der Waals surface area contributed by atoms with Gasteiger partial charge in [-0.15, -0.1) is 5.39 Å². The predicted octanol–water partition coefficient (Wildman–Crippen LogP) is 2.58. The predicted molar refractivity (Wildman–Crippen MR) is 55.9 cm³/mol. The third kappa shape index (κ3) is 1.60. The van der Waals surface area contributed by atoms with Crippen molar-refractivity contribution in [3.8, 4) is 0 Å². The number of hydrogen-bond donors (Lipinski definition) is 0. The molecule has 3 aromatic rings. The van der Waals surface area contributed by atoms with Gasteiger partial charge in [-0.05, 0) is 23.0 Å². The minimum atomic E-state index is 0. The average molecular weight is 238 g/mol. The van der Waals surface area contributed by atoms with E-state index in [0.29, 0.717) is 0 Å². The van der Waals surface area contributed by atoms with Gasteiger partial charge in [-0.2, -0.15) is 12.1 Å². The van der Waals surface area contributed by atoms with Gasteiger partial charge in [0.1, 0.15) is 0 Å². The topological polar surface area (TPSA) is 25.8 Å². The molecule has 0 atom stereocenters. The smallest absolute Gasteiger partial charge is 0.0600 e. The van der Waals surface area contributed by atoms with Crippen LogP contribution in [0.3, 0.4) is 0 Å². The van der Waals surface area contributed by atoms with E-state index in [1.54, 1.807) is 6.20 Å². The Morgan fingerprint density at radius 1 is 1.07 bits per heavy atom. The molecule has 0 amide bonds. The molecule has 0 bridgehead atoms. The fourth-order valence-electron chi connectivity index (χ4n) is 1.64. The maximum Gasteiger partial charge on any atom is 0.0600 e. The van der Waals surface area contributed by atoms with E-state index in [1.165, 1.54) is 0 Å². The second kappa shape index (κ2) is 3.96. The first-order chi connectivity index (χ1) is 6.95. The molecule has 75 valence electrons. The molecule has 0 N–H and O–H groups in total. The molecule has 1 aromatic carbocycles. The second-order valence-electron chi connectivity index (χ2n) is 3.15. The van der Waals surface area contributed by atoms with E-state index in [4.69, 9.17) is 0 Å². The Balaban J connectivity index is 0.000000853. The number of aromatic nitrogens is 2. The minimum absolute atomic E-state index is 0. The maximum absolute atomic E-state index is 4.28. The first kappa shape index (κ1) is 10.1. The number of pyridine rings is 2. The number of hydrogen-bond acceptors (Lipinski definition) is 2. The van der Waals surface area contributed by atoms with Crippen LogP contribution in [-0.2, 0) is 16.8 Å². The Labute approximate surface area is 97.6 Å². The second-order valence-corrected chi connectivity index (χ2v) is 3.15. The summed E-state index contributed by atoms with van der Waals surface area (Å²) in [6, 6.07) is 11.8. The molecule has 3 heteroatoms. The quantitative estimate of drug-likeness (QED) is 0.444. The van der Waals surface area contributed by atoms with Crippen molar-refractivity contribution < 1.29 is 16.8 Å². The zero-order valence-electron chi connectivity index (χ0n) is 7.77. The van der Waals surface area contributed by atoms with Crippen LogP contribution in [0.25, 0.3) is 21.8 Å². The SMILES string of the molecule is [Co].[c-]1ccc2ccc3ncccc3c2n1. The summed E-state index contributed by atoms with van der Waals surface area (Å²) in [5.74, 6) is 0. The summed E-state index contributed by atoms with van der Waals surface area (Å²) < 4.78 is 0. The van der Waals surface area contributed by atoms with E-state index in [1.807, 2.05) is 36.4 Å². The summed E-state index contributed by atoms with van der Waals surface area (Å²) in [4.78, 5) is 8.52. The van der Waals surface area contributed by atoms with Crippen molar-refractivity contribution in [2.75, 3.05) is 0 Å². The van der Waals surface area contributed by atoms with Gasteiger partial charge in [0, 0.05) is 23.0 Å². The van der Waals surface area contributed by atoms with Gasteiger partial charge in [0.05, 0.1) is 5.52 Å². The fraction of sp³-hybridized carbons (Fsp3) is 0. The van der Waals surface area contributed by atoms with Crippen LogP contribution < -0.4 is 0 Å². The van der Waals surface area contributed by atoms with Gasteiger partial charge in [-0.25, -0.2) is 0 Å². The summed E-state index contributed by atoms with van der Waals surface area (Å²) in [5.41, 5.74) is 1.95. The van der Waals surface area contributed by atoms with E-state index in [-0.39, 0.29) is 16.8 Å². The van der Waals surface area contributed by atoms with Gasteiger partial charge in [-0.1, -0.05) is 18.3 Å². The first-order valence-electron chi connectivity index (χ1n) is 4.46. The fourth-order valence-corrected chi connectivity index (χ4v) is 1.64. The Morgan fingerprint density at radius 2 is 2.00 bits per heavy atom. The molecule has 2 nitrogen and oxygen atoms in total. The molecule has 2 aromatic heterocycles. The van der Waals surface area contributed by atoms with Gasteiger partial charge >= 0.3 is 0 Å². The zero-order chi connectivity index (χ0) is 9.38. The third-order valence-electron chi connectivity index (χ3n) is 2.30. The molecule has 0 saturated carbocycles. The molecule has 0 aliphatic heterocycles. The molecule has 3 rings (SSSR count). The van der Waals surface area contributed by atoms with Crippen LogP contribution in [0.1, 0.15) is 0 Å². The van der Waals surface area contributed by atoms with Gasteiger partial charge in [0.25, 0.3) is 0 Å². The Kier molecular flexibility index (Phi) is 2.66. The van der Waals surface area contributed by atoms with Crippen LogP contribution in [0.15, 0.2) is 42.6 Å². The van der Waals surface area contributed by atoms with E-state index in [9.17, 15) is 0 Å². The van der Waals surface area contributed by atoms with Gasteiger partial charge in [-0.3, -0.25) is 4.98 Å². The maximum atomic E-state index is 4.28. The molecule has 0 aliphatic rings. The van der Waals surface area contributed by atoms with Crippen molar-refractivity contribution >= 4 is 21.8 Å². The standard InChI is InChI=1S/C12H7N2.Co/c1-3-9-5-6-11-10(4-2-7-13-11)12(9)14-8-1;/h1-7H;/q-1;. The van der Waals surface area contributed by atoms with Gasteiger partial charge in [0.2, 0.25) is 0 Å². The third-order valence-corrected chi connectivity index (χ3v) is 2.30. The number of nitrogens with zero attached hydrogens (tertiary/aromatic N) is 2. The summed E-state index contributed by atoms with van der Waals surface area (Å²) >= 11 is 0. The van der Waals surface area contributed by atoms with Crippen molar-refractivity contribution in [1.82, 2.24) is 9.97 Å². The van der Waals surface area contributed by atoms with Crippen LogP contribution >= 0.6 is 0 Å². The first-order valence-corrected chi connectivity index (χ1v) is 4.46. The van der Waals surface area contributed by atoms with E-state index >= 15 is 0 Å². The minimum Gasteiger partial charge on any atom is -0.385 e. The van der Waals surface area contributed by atoms with Crippen molar-refractivity contribution in [2.24, 2.45) is 0 Å². The molecule has 0 saturated heterocycles. The van der Waals surface area contributed by atoms with Crippen molar-refractivity contribution in [3.63, 3.8) is 0 Å². The largest absolute Gasteiger partial charge is 0.385 e. The molecular weight excluding hydrogens is 231 g/mol. The molecule has 1 radical (unpaired) electrons. The Bertz CT molecular complexity index is 553. The number of rotatable bonds is 0. The number of fused-ring (bicyclic) bond motifs is 3. The zero-order valence-corrected chi connectivity index (χ0v) is 8.81. The van der Waals surface area contributed by atoms with E-state index < -0.39 is 0 Å². The van der Waals surface area contributed by atoms with Crippen molar-refractivity contribution in [3.05, 3.63) is 48.8 Å².